The maximum atomic E-state index is 13.5. The second-order valence-electron chi connectivity index (χ2n) is 9.19. The molecule has 2 aliphatic rings. The van der Waals surface area contributed by atoms with E-state index in [-0.39, 0.29) is 11.2 Å². The van der Waals surface area contributed by atoms with Gasteiger partial charge in [-0.25, -0.2) is 9.07 Å². The maximum Gasteiger partial charge on any atom is 0.207 e. The molecular weight excluding hydrogens is 459 g/mol. The maximum absolute atomic E-state index is 13.5. The van der Waals surface area contributed by atoms with Gasteiger partial charge in [-0.3, -0.25) is 9.89 Å². The van der Waals surface area contributed by atoms with Crippen LogP contribution in [-0.2, 0) is 6.54 Å². The van der Waals surface area contributed by atoms with Crippen molar-refractivity contribution in [3.8, 4) is 0 Å². The molecule has 170 valence electrons. The Bertz CT molecular complexity index is 1250. The van der Waals surface area contributed by atoms with Crippen LogP contribution in [0.25, 0.3) is 0 Å². The summed E-state index contributed by atoms with van der Waals surface area (Å²) in [6, 6.07) is 13.9. The van der Waals surface area contributed by atoms with E-state index in [0.717, 1.165) is 47.5 Å². The third-order valence-electron chi connectivity index (χ3n) is 5.84. The first-order chi connectivity index (χ1) is 15.7. The van der Waals surface area contributed by atoms with Crippen molar-refractivity contribution in [2.24, 2.45) is 10.4 Å². The van der Waals surface area contributed by atoms with E-state index < -0.39 is 0 Å². The average Bonchev–Trinajstić information content (AvgIpc) is 3.13. The van der Waals surface area contributed by atoms with E-state index >= 15 is 0 Å². The molecular formula is C24H24ClFN6S. The van der Waals surface area contributed by atoms with Crippen LogP contribution >= 0.6 is 23.8 Å². The van der Waals surface area contributed by atoms with E-state index in [1.807, 2.05) is 40.9 Å². The van der Waals surface area contributed by atoms with Crippen molar-refractivity contribution >= 4 is 52.1 Å². The number of rotatable bonds is 4. The number of nitrogens with zero attached hydrogens (tertiary/aromatic N) is 5. The van der Waals surface area contributed by atoms with E-state index in [1.54, 1.807) is 12.1 Å². The molecule has 6 nitrogen and oxygen atoms in total. The predicted molar refractivity (Wildman–Crippen MR) is 135 cm³/mol. The Morgan fingerprint density at radius 2 is 1.82 bits per heavy atom. The van der Waals surface area contributed by atoms with Gasteiger partial charge in [-0.05, 0) is 42.0 Å². The molecule has 0 amide bonds. The van der Waals surface area contributed by atoms with E-state index in [9.17, 15) is 4.39 Å². The van der Waals surface area contributed by atoms with Crippen molar-refractivity contribution < 1.29 is 4.39 Å². The van der Waals surface area contributed by atoms with Gasteiger partial charge < -0.3 is 10.2 Å². The van der Waals surface area contributed by atoms with E-state index in [1.165, 1.54) is 12.1 Å². The van der Waals surface area contributed by atoms with Gasteiger partial charge in [-0.15, -0.1) is 0 Å². The Hall–Kier alpha value is -2.97. The Morgan fingerprint density at radius 1 is 1.12 bits per heavy atom. The molecule has 2 aromatic carbocycles. The number of anilines is 3. The standard InChI is InChI=1S/C24H24ClFN6S/c1-24(2)13-27-23-30(3)22(33)19-20(28-18-10-8-17(26)9-11-18)32(29-21(19)31(23)14-24)12-15-4-6-16(25)7-5-15/h4-11,28H,12-14H2,1-3H3. The topological polar surface area (TPSA) is 48.7 Å². The number of hydrogen-bond acceptors (Lipinski definition) is 5. The lowest BCUT2D eigenvalue weighted by Gasteiger charge is -2.43. The van der Waals surface area contributed by atoms with Gasteiger partial charge in [0.15, 0.2) is 5.82 Å². The largest absolute Gasteiger partial charge is 0.340 e. The van der Waals surface area contributed by atoms with E-state index in [0.29, 0.717) is 16.6 Å². The molecule has 0 aliphatic carbocycles. The number of guanidine groups is 1. The lowest BCUT2D eigenvalue weighted by Crippen LogP contribution is -2.55. The van der Waals surface area contributed by atoms with Crippen molar-refractivity contribution in [1.29, 1.82) is 0 Å². The molecule has 3 aromatic rings. The van der Waals surface area contributed by atoms with Gasteiger partial charge >= 0.3 is 0 Å². The first-order valence-corrected chi connectivity index (χ1v) is 11.5. The second kappa shape index (κ2) is 8.11. The van der Waals surface area contributed by atoms with Gasteiger partial charge in [-0.1, -0.05) is 49.8 Å². The van der Waals surface area contributed by atoms with Gasteiger partial charge in [0.2, 0.25) is 5.96 Å². The minimum atomic E-state index is -0.288. The highest BCUT2D eigenvalue weighted by atomic mass is 35.5. The van der Waals surface area contributed by atoms with Crippen LogP contribution < -0.4 is 10.2 Å². The highest BCUT2D eigenvalue weighted by molar-refractivity contribution is 7.80. The Kier molecular flexibility index (Phi) is 5.37. The van der Waals surface area contributed by atoms with Crippen molar-refractivity contribution in [2.75, 3.05) is 30.4 Å². The van der Waals surface area contributed by atoms with Gasteiger partial charge in [-0.2, -0.15) is 5.10 Å². The summed E-state index contributed by atoms with van der Waals surface area (Å²) in [5.41, 5.74) is 2.64. The first kappa shape index (κ1) is 21.9. The summed E-state index contributed by atoms with van der Waals surface area (Å²) in [5, 5.41) is 9.11. The molecule has 33 heavy (non-hydrogen) atoms. The molecule has 2 aliphatic heterocycles. The summed E-state index contributed by atoms with van der Waals surface area (Å²) in [4.78, 5) is 9.54. The SMILES string of the molecule is CN1C(=S)c2c(nn(Cc3ccc(Cl)cc3)c2Nc2ccc(F)cc2)N2CC(C)(C)CN=C12. The molecule has 0 radical (unpaired) electrons. The summed E-state index contributed by atoms with van der Waals surface area (Å²) < 4.78 is 15.4. The van der Waals surface area contributed by atoms with Gasteiger partial charge in [0.1, 0.15) is 16.6 Å². The molecule has 0 atom stereocenters. The van der Waals surface area contributed by atoms with Gasteiger partial charge in [0.25, 0.3) is 0 Å². The van der Waals surface area contributed by atoms with Crippen molar-refractivity contribution in [3.05, 3.63) is 70.5 Å². The highest BCUT2D eigenvalue weighted by Gasteiger charge is 2.41. The number of benzene rings is 2. The Balaban J connectivity index is 1.64. The zero-order valence-corrected chi connectivity index (χ0v) is 20.2. The van der Waals surface area contributed by atoms with Crippen LogP contribution in [-0.4, -0.2) is 45.8 Å². The lowest BCUT2D eigenvalue weighted by molar-refractivity contribution is 0.370. The molecule has 9 heteroatoms. The van der Waals surface area contributed by atoms with Gasteiger partial charge in [0.05, 0.1) is 12.1 Å². The lowest BCUT2D eigenvalue weighted by atomic mass is 9.91. The molecule has 3 heterocycles. The molecule has 0 unspecified atom stereocenters. The molecule has 1 N–H and O–H groups in total. The number of nitrogens with one attached hydrogen (secondary N) is 1. The van der Waals surface area contributed by atoms with Crippen molar-refractivity contribution in [2.45, 2.75) is 20.4 Å². The number of thiocarbonyl (C=S) groups is 1. The van der Waals surface area contributed by atoms with E-state index in [4.69, 9.17) is 33.9 Å². The molecule has 1 aromatic heterocycles. The van der Waals surface area contributed by atoms with Crippen LogP contribution in [0.2, 0.25) is 5.02 Å². The third kappa shape index (κ3) is 4.09. The predicted octanol–water partition coefficient (Wildman–Crippen LogP) is 5.29. The average molecular weight is 483 g/mol. The number of aliphatic imine (C=N–C) groups is 1. The fourth-order valence-electron chi connectivity index (χ4n) is 4.14. The van der Waals surface area contributed by atoms with Gasteiger partial charge in [0, 0.05) is 36.3 Å². The van der Waals surface area contributed by atoms with Crippen LogP contribution in [0.4, 0.5) is 21.7 Å². The second-order valence-corrected chi connectivity index (χ2v) is 10.0. The number of halogens is 2. The number of hydrogen-bond donors (Lipinski definition) is 1. The van der Waals surface area contributed by atoms with Crippen molar-refractivity contribution in [3.63, 3.8) is 0 Å². The normalized spacial score (nSPS) is 16.9. The third-order valence-corrected chi connectivity index (χ3v) is 6.57. The van der Waals surface area contributed by atoms with Crippen LogP contribution in [0.1, 0.15) is 25.0 Å². The smallest absolute Gasteiger partial charge is 0.207 e. The molecule has 5 rings (SSSR count). The Labute approximate surface area is 202 Å². The minimum Gasteiger partial charge on any atom is -0.340 e. The zero-order valence-electron chi connectivity index (χ0n) is 18.6. The molecule has 0 fully saturated rings. The Morgan fingerprint density at radius 3 is 2.52 bits per heavy atom. The van der Waals surface area contributed by atoms with Crippen LogP contribution in [0, 0.1) is 11.2 Å². The summed E-state index contributed by atoms with van der Waals surface area (Å²) in [7, 11) is 1.94. The summed E-state index contributed by atoms with van der Waals surface area (Å²) >= 11 is 12.0. The first-order valence-electron chi connectivity index (χ1n) is 10.7. The fraction of sp³-hybridized carbons (Fsp3) is 0.292. The number of fused-ring (bicyclic) bond motifs is 3. The molecule has 0 saturated heterocycles. The number of aromatic nitrogens is 2. The van der Waals surface area contributed by atoms with Crippen LogP contribution in [0.3, 0.4) is 0 Å². The van der Waals surface area contributed by atoms with Crippen LogP contribution in [0.15, 0.2) is 53.5 Å². The van der Waals surface area contributed by atoms with Crippen LogP contribution in [0.5, 0.6) is 0 Å². The van der Waals surface area contributed by atoms with Crippen molar-refractivity contribution in [1.82, 2.24) is 14.7 Å². The summed E-state index contributed by atoms with van der Waals surface area (Å²) in [6.07, 6.45) is 0. The fourth-order valence-corrected chi connectivity index (χ4v) is 4.54. The summed E-state index contributed by atoms with van der Waals surface area (Å²) in [6.45, 7) is 6.42. The quantitative estimate of drug-likeness (QED) is 0.512. The molecule has 0 bridgehead atoms. The van der Waals surface area contributed by atoms with E-state index in [2.05, 4.69) is 24.1 Å². The zero-order chi connectivity index (χ0) is 23.3. The minimum absolute atomic E-state index is 0.00504. The molecule has 0 spiro atoms. The summed E-state index contributed by atoms with van der Waals surface area (Å²) in [5.74, 6) is 2.06. The molecule has 0 saturated carbocycles. The highest BCUT2D eigenvalue weighted by Crippen LogP contribution is 2.39. The monoisotopic (exact) mass is 482 g/mol.